The highest BCUT2D eigenvalue weighted by Crippen LogP contribution is 2.31. The Morgan fingerprint density at radius 3 is 2.80 bits per heavy atom. The number of ether oxygens (including phenoxy) is 2. The molecule has 8 nitrogen and oxygen atoms in total. The largest absolute Gasteiger partial charge is 0.455 e. The van der Waals surface area contributed by atoms with Gasteiger partial charge in [-0.2, -0.15) is 0 Å². The van der Waals surface area contributed by atoms with E-state index in [0.29, 0.717) is 16.7 Å². The van der Waals surface area contributed by atoms with E-state index >= 15 is 0 Å². The fourth-order valence-corrected chi connectivity index (χ4v) is 2.91. The summed E-state index contributed by atoms with van der Waals surface area (Å²) < 4.78 is 10.6. The van der Waals surface area contributed by atoms with E-state index in [2.05, 4.69) is 9.88 Å². The number of benzene rings is 1. The van der Waals surface area contributed by atoms with Gasteiger partial charge in [-0.15, -0.1) is 0 Å². The van der Waals surface area contributed by atoms with Crippen LogP contribution in [0.4, 0.5) is 5.69 Å². The fraction of sp³-hybridized carbons (Fsp3) is 0.412. The quantitative estimate of drug-likeness (QED) is 0.343. The Labute approximate surface area is 144 Å². The van der Waals surface area contributed by atoms with Crippen molar-refractivity contribution in [3.63, 3.8) is 0 Å². The van der Waals surface area contributed by atoms with Gasteiger partial charge in [-0.25, -0.2) is 0 Å². The van der Waals surface area contributed by atoms with E-state index in [1.165, 1.54) is 24.8 Å². The molecule has 1 saturated heterocycles. The Kier molecular flexibility index (Phi) is 5.39. The van der Waals surface area contributed by atoms with Crippen LogP contribution in [0, 0.1) is 10.1 Å². The molecule has 1 fully saturated rings. The number of aromatic nitrogens is 1. The van der Waals surface area contributed by atoms with Gasteiger partial charge in [0.15, 0.2) is 0 Å². The predicted molar refractivity (Wildman–Crippen MR) is 90.3 cm³/mol. The zero-order chi connectivity index (χ0) is 17.6. The van der Waals surface area contributed by atoms with Crippen molar-refractivity contribution in [2.45, 2.75) is 19.3 Å². The lowest BCUT2D eigenvalue weighted by atomic mass is 10.1. The molecule has 0 radical (unpaired) electrons. The van der Waals surface area contributed by atoms with Gasteiger partial charge in [0.25, 0.3) is 5.69 Å². The van der Waals surface area contributed by atoms with Gasteiger partial charge in [0.05, 0.1) is 16.9 Å². The first-order chi connectivity index (χ1) is 12.1. The number of nitrogens with zero attached hydrogens (tertiary/aromatic N) is 3. The van der Waals surface area contributed by atoms with Crippen molar-refractivity contribution < 1.29 is 19.2 Å². The summed E-state index contributed by atoms with van der Waals surface area (Å²) in [5.41, 5.74) is 0.321. The molecular weight excluding hydrogens is 326 g/mol. The number of carbonyl (C=O) groups is 1. The number of piperidine rings is 1. The van der Waals surface area contributed by atoms with E-state index in [4.69, 9.17) is 9.47 Å². The van der Waals surface area contributed by atoms with Gasteiger partial charge in [0.2, 0.25) is 6.79 Å². The molecule has 2 heterocycles. The summed E-state index contributed by atoms with van der Waals surface area (Å²) in [4.78, 5) is 28.7. The smallest absolute Gasteiger partial charge is 0.323 e. The molecule has 0 spiro atoms. The second-order valence-corrected chi connectivity index (χ2v) is 5.85. The van der Waals surface area contributed by atoms with E-state index in [0.717, 1.165) is 25.9 Å². The number of hydrogen-bond acceptors (Lipinski definition) is 7. The van der Waals surface area contributed by atoms with Crippen LogP contribution < -0.4 is 4.74 Å². The minimum Gasteiger partial charge on any atom is -0.455 e. The predicted octanol–water partition coefficient (Wildman–Crippen LogP) is 2.51. The SMILES string of the molecule is O=C(CN1CCCCC1)OCOc1ccc([N+](=O)[O-])c2cccnc12. The van der Waals surface area contributed by atoms with Gasteiger partial charge >= 0.3 is 5.97 Å². The molecule has 1 aromatic heterocycles. The van der Waals surface area contributed by atoms with Gasteiger partial charge in [0, 0.05) is 12.3 Å². The molecule has 0 N–H and O–H groups in total. The highest BCUT2D eigenvalue weighted by Gasteiger charge is 2.17. The molecule has 3 rings (SSSR count). The molecule has 0 saturated carbocycles. The third kappa shape index (κ3) is 4.21. The molecule has 8 heteroatoms. The van der Waals surface area contributed by atoms with Crippen molar-refractivity contribution in [3.05, 3.63) is 40.6 Å². The van der Waals surface area contributed by atoms with Crippen LogP contribution in [0.2, 0.25) is 0 Å². The first kappa shape index (κ1) is 17.1. The summed E-state index contributed by atoms with van der Waals surface area (Å²) in [6, 6.07) is 6.05. The van der Waals surface area contributed by atoms with Crippen LogP contribution in [-0.4, -0.2) is 47.2 Å². The van der Waals surface area contributed by atoms with Gasteiger partial charge in [-0.1, -0.05) is 6.42 Å². The Hall–Kier alpha value is -2.74. The van der Waals surface area contributed by atoms with E-state index < -0.39 is 4.92 Å². The normalized spacial score (nSPS) is 15.0. The zero-order valence-corrected chi connectivity index (χ0v) is 13.7. The Morgan fingerprint density at radius 2 is 2.04 bits per heavy atom. The van der Waals surface area contributed by atoms with Crippen molar-refractivity contribution in [3.8, 4) is 5.75 Å². The lowest BCUT2D eigenvalue weighted by Crippen LogP contribution is -2.35. The lowest BCUT2D eigenvalue weighted by Gasteiger charge is -2.25. The Bertz CT molecular complexity index is 774. The average Bonchev–Trinajstić information content (AvgIpc) is 2.62. The second-order valence-electron chi connectivity index (χ2n) is 5.85. The molecular formula is C17H19N3O5. The van der Waals surface area contributed by atoms with E-state index in [9.17, 15) is 14.9 Å². The molecule has 1 aromatic carbocycles. The lowest BCUT2D eigenvalue weighted by molar-refractivity contribution is -0.383. The van der Waals surface area contributed by atoms with E-state index in [1.54, 1.807) is 12.1 Å². The number of nitro benzene ring substituents is 1. The molecule has 0 unspecified atom stereocenters. The van der Waals surface area contributed by atoms with Crippen molar-refractivity contribution in [2.75, 3.05) is 26.4 Å². The minimum atomic E-state index is -0.466. The van der Waals surface area contributed by atoms with Crippen LogP contribution in [0.5, 0.6) is 5.75 Å². The summed E-state index contributed by atoms with van der Waals surface area (Å²) in [6.07, 6.45) is 4.94. The fourth-order valence-electron chi connectivity index (χ4n) is 2.91. The van der Waals surface area contributed by atoms with Crippen molar-refractivity contribution in [1.82, 2.24) is 9.88 Å². The number of likely N-dealkylation sites (tertiary alicyclic amines) is 1. The number of hydrogen-bond donors (Lipinski definition) is 0. The third-order valence-corrected chi connectivity index (χ3v) is 4.14. The van der Waals surface area contributed by atoms with E-state index in [1.807, 2.05) is 0 Å². The molecule has 132 valence electrons. The number of pyridine rings is 1. The summed E-state index contributed by atoms with van der Waals surface area (Å²) in [5.74, 6) is -0.00644. The van der Waals surface area contributed by atoms with Crippen molar-refractivity contribution in [2.24, 2.45) is 0 Å². The summed E-state index contributed by atoms with van der Waals surface area (Å²) in [7, 11) is 0. The van der Waals surface area contributed by atoms with Crippen LogP contribution in [0.15, 0.2) is 30.5 Å². The Morgan fingerprint density at radius 1 is 1.24 bits per heavy atom. The molecule has 2 aromatic rings. The number of carbonyl (C=O) groups excluding carboxylic acids is 1. The van der Waals surface area contributed by atoms with Gasteiger partial charge < -0.3 is 9.47 Å². The summed E-state index contributed by atoms with van der Waals surface area (Å²) >= 11 is 0. The molecule has 0 amide bonds. The molecule has 1 aliphatic heterocycles. The maximum atomic E-state index is 11.9. The summed E-state index contributed by atoms with van der Waals surface area (Å²) in [5, 5.41) is 11.5. The highest BCUT2D eigenvalue weighted by molar-refractivity contribution is 5.92. The highest BCUT2D eigenvalue weighted by atomic mass is 16.7. The second kappa shape index (κ2) is 7.89. The number of rotatable bonds is 6. The monoisotopic (exact) mass is 345 g/mol. The van der Waals surface area contributed by atoms with Crippen molar-refractivity contribution >= 4 is 22.6 Å². The molecule has 0 atom stereocenters. The number of nitro groups is 1. The van der Waals surface area contributed by atoms with Crippen molar-refractivity contribution in [1.29, 1.82) is 0 Å². The molecule has 25 heavy (non-hydrogen) atoms. The number of fused-ring (bicyclic) bond motifs is 1. The maximum absolute atomic E-state index is 11.9. The van der Waals surface area contributed by atoms with Gasteiger partial charge in [-0.05, 0) is 44.1 Å². The first-order valence-corrected chi connectivity index (χ1v) is 8.18. The molecule has 1 aliphatic rings. The molecule has 0 bridgehead atoms. The van der Waals surface area contributed by atoms with Crippen LogP contribution in [0.25, 0.3) is 10.9 Å². The average molecular weight is 345 g/mol. The topological polar surface area (TPSA) is 94.8 Å². The maximum Gasteiger partial charge on any atom is 0.323 e. The standard InChI is InChI=1S/C17H19N3O5/c21-16(11-19-9-2-1-3-10-19)25-12-24-15-7-6-14(20(22)23)13-5-4-8-18-17(13)15/h4-8H,1-3,9-12H2. The Balaban J connectivity index is 1.60. The summed E-state index contributed by atoms with van der Waals surface area (Å²) in [6.45, 7) is 1.82. The zero-order valence-electron chi connectivity index (χ0n) is 13.7. The van der Waals surface area contributed by atoms with Crippen LogP contribution in [0.3, 0.4) is 0 Å². The number of non-ortho nitro benzene ring substituents is 1. The number of esters is 1. The van der Waals surface area contributed by atoms with Crippen LogP contribution in [0.1, 0.15) is 19.3 Å². The first-order valence-electron chi connectivity index (χ1n) is 8.18. The van der Waals surface area contributed by atoms with Gasteiger partial charge in [-0.3, -0.25) is 24.8 Å². The van der Waals surface area contributed by atoms with Gasteiger partial charge in [0.1, 0.15) is 11.3 Å². The third-order valence-electron chi connectivity index (χ3n) is 4.14. The van der Waals surface area contributed by atoms with Crippen LogP contribution in [-0.2, 0) is 9.53 Å². The minimum absolute atomic E-state index is 0.0439. The van der Waals surface area contributed by atoms with Crippen LogP contribution >= 0.6 is 0 Å². The molecule has 0 aliphatic carbocycles. The van der Waals surface area contributed by atoms with E-state index in [-0.39, 0.29) is 25.0 Å².